The van der Waals surface area contributed by atoms with E-state index in [-0.39, 0.29) is 0 Å². The SMILES string of the molecule is Cc1ccc(CN2CCN(CCNC(=O)C(=O)Nc3ccc(F)cc3)CC2)cc1. The fourth-order valence-electron chi connectivity index (χ4n) is 3.25. The number of rotatable bonds is 6. The van der Waals surface area contributed by atoms with Gasteiger partial charge in [-0.15, -0.1) is 0 Å². The first-order valence-corrected chi connectivity index (χ1v) is 9.84. The van der Waals surface area contributed by atoms with Crippen LogP contribution in [0.25, 0.3) is 0 Å². The van der Waals surface area contributed by atoms with Crippen molar-refractivity contribution in [2.45, 2.75) is 13.5 Å². The lowest BCUT2D eigenvalue weighted by Crippen LogP contribution is -2.48. The van der Waals surface area contributed by atoms with Gasteiger partial charge >= 0.3 is 11.8 Å². The average Bonchev–Trinajstić information content (AvgIpc) is 2.72. The summed E-state index contributed by atoms with van der Waals surface area (Å²) in [6.45, 7) is 7.98. The van der Waals surface area contributed by atoms with Crippen LogP contribution in [-0.4, -0.2) is 60.9 Å². The third kappa shape index (κ3) is 6.66. The number of carbonyl (C=O) groups is 2. The highest BCUT2D eigenvalue weighted by molar-refractivity contribution is 6.39. The fraction of sp³-hybridized carbons (Fsp3) is 0.364. The molecule has 0 radical (unpaired) electrons. The molecule has 0 aliphatic carbocycles. The zero-order valence-corrected chi connectivity index (χ0v) is 16.7. The summed E-state index contributed by atoms with van der Waals surface area (Å²) < 4.78 is 12.9. The largest absolute Gasteiger partial charge is 0.347 e. The molecule has 1 heterocycles. The highest BCUT2D eigenvalue weighted by atomic mass is 19.1. The third-order valence-corrected chi connectivity index (χ3v) is 5.01. The maximum atomic E-state index is 12.9. The highest BCUT2D eigenvalue weighted by Crippen LogP contribution is 2.10. The van der Waals surface area contributed by atoms with E-state index in [4.69, 9.17) is 0 Å². The quantitative estimate of drug-likeness (QED) is 0.731. The zero-order chi connectivity index (χ0) is 20.6. The molecule has 7 heteroatoms. The number of hydrogen-bond donors (Lipinski definition) is 2. The molecular formula is C22H27FN4O2. The van der Waals surface area contributed by atoms with Gasteiger partial charge in [0.25, 0.3) is 0 Å². The number of halogens is 1. The standard InChI is InChI=1S/C22H27FN4O2/c1-17-2-4-18(5-3-17)16-27-14-12-26(13-15-27)11-10-24-21(28)22(29)25-20-8-6-19(23)7-9-20/h2-9H,10-16H2,1H3,(H,24,28)(H,25,29). The zero-order valence-electron chi connectivity index (χ0n) is 16.7. The average molecular weight is 398 g/mol. The van der Waals surface area contributed by atoms with Crippen LogP contribution >= 0.6 is 0 Å². The molecule has 0 aromatic heterocycles. The van der Waals surface area contributed by atoms with Gasteiger partial charge in [0, 0.05) is 51.5 Å². The van der Waals surface area contributed by atoms with Crippen molar-refractivity contribution in [1.29, 1.82) is 0 Å². The van der Waals surface area contributed by atoms with E-state index < -0.39 is 17.6 Å². The molecule has 0 spiro atoms. The molecule has 1 saturated heterocycles. The van der Waals surface area contributed by atoms with Crippen molar-refractivity contribution in [3.63, 3.8) is 0 Å². The number of anilines is 1. The maximum Gasteiger partial charge on any atom is 0.313 e. The van der Waals surface area contributed by atoms with Crippen LogP contribution in [0, 0.1) is 12.7 Å². The molecule has 2 aromatic carbocycles. The van der Waals surface area contributed by atoms with Crippen molar-refractivity contribution in [2.75, 3.05) is 44.6 Å². The Labute approximate surface area is 170 Å². The first-order valence-electron chi connectivity index (χ1n) is 9.84. The monoisotopic (exact) mass is 398 g/mol. The van der Waals surface area contributed by atoms with Gasteiger partial charge in [0.1, 0.15) is 5.82 Å². The maximum absolute atomic E-state index is 12.9. The smallest absolute Gasteiger partial charge is 0.313 e. The minimum absolute atomic E-state index is 0.385. The molecule has 6 nitrogen and oxygen atoms in total. The van der Waals surface area contributed by atoms with Crippen LogP contribution in [0.5, 0.6) is 0 Å². The van der Waals surface area contributed by atoms with Gasteiger partial charge in [0.15, 0.2) is 0 Å². The van der Waals surface area contributed by atoms with Gasteiger partial charge in [-0.1, -0.05) is 29.8 Å². The Balaban J connectivity index is 1.32. The number of hydrogen-bond acceptors (Lipinski definition) is 4. The Bertz CT molecular complexity index is 816. The summed E-state index contributed by atoms with van der Waals surface area (Å²) in [5.41, 5.74) is 2.98. The van der Waals surface area contributed by atoms with Crippen molar-refractivity contribution in [1.82, 2.24) is 15.1 Å². The highest BCUT2D eigenvalue weighted by Gasteiger charge is 2.18. The Hall–Kier alpha value is -2.77. The van der Waals surface area contributed by atoms with Crippen LogP contribution in [0.3, 0.4) is 0 Å². The number of benzene rings is 2. The number of aryl methyl sites for hydroxylation is 1. The van der Waals surface area contributed by atoms with Gasteiger partial charge < -0.3 is 10.6 Å². The second-order valence-electron chi connectivity index (χ2n) is 7.32. The lowest BCUT2D eigenvalue weighted by Gasteiger charge is -2.34. The van der Waals surface area contributed by atoms with E-state index in [2.05, 4.69) is 51.6 Å². The van der Waals surface area contributed by atoms with E-state index in [1.807, 2.05) is 0 Å². The summed E-state index contributed by atoms with van der Waals surface area (Å²) in [6.07, 6.45) is 0. The number of nitrogens with zero attached hydrogens (tertiary/aromatic N) is 2. The molecule has 0 atom stereocenters. The van der Waals surface area contributed by atoms with E-state index in [1.54, 1.807) is 0 Å². The second kappa shape index (κ2) is 10.1. The molecule has 2 aromatic rings. The normalized spacial score (nSPS) is 15.1. The number of nitrogens with one attached hydrogen (secondary N) is 2. The van der Waals surface area contributed by atoms with Crippen LogP contribution in [0.1, 0.15) is 11.1 Å². The molecule has 1 fully saturated rings. The lowest BCUT2D eigenvalue weighted by atomic mass is 10.1. The van der Waals surface area contributed by atoms with Crippen molar-refractivity contribution in [3.8, 4) is 0 Å². The minimum atomic E-state index is -0.750. The van der Waals surface area contributed by atoms with Crippen molar-refractivity contribution >= 4 is 17.5 Å². The third-order valence-electron chi connectivity index (χ3n) is 5.01. The van der Waals surface area contributed by atoms with E-state index >= 15 is 0 Å². The summed E-state index contributed by atoms with van der Waals surface area (Å²) >= 11 is 0. The Morgan fingerprint density at radius 3 is 2.17 bits per heavy atom. The molecule has 3 rings (SSSR count). The van der Waals surface area contributed by atoms with Gasteiger partial charge in [-0.2, -0.15) is 0 Å². The molecular weight excluding hydrogens is 371 g/mol. The minimum Gasteiger partial charge on any atom is -0.347 e. The van der Waals surface area contributed by atoms with Crippen LogP contribution in [-0.2, 0) is 16.1 Å². The van der Waals surface area contributed by atoms with Gasteiger partial charge in [-0.3, -0.25) is 19.4 Å². The Morgan fingerprint density at radius 2 is 1.52 bits per heavy atom. The summed E-state index contributed by atoms with van der Waals surface area (Å²) in [5, 5.41) is 5.09. The summed E-state index contributed by atoms with van der Waals surface area (Å²) in [5.74, 6) is -1.83. The van der Waals surface area contributed by atoms with Gasteiger partial charge in [0.2, 0.25) is 0 Å². The molecule has 2 N–H and O–H groups in total. The van der Waals surface area contributed by atoms with Crippen LogP contribution < -0.4 is 10.6 Å². The second-order valence-corrected chi connectivity index (χ2v) is 7.32. The van der Waals surface area contributed by atoms with E-state index in [9.17, 15) is 14.0 Å². The molecule has 0 saturated carbocycles. The Kier molecular flexibility index (Phi) is 7.32. The number of amides is 2. The molecule has 154 valence electrons. The van der Waals surface area contributed by atoms with Gasteiger partial charge in [-0.05, 0) is 36.8 Å². The number of carbonyl (C=O) groups excluding carboxylic acids is 2. The fourth-order valence-corrected chi connectivity index (χ4v) is 3.25. The molecule has 0 bridgehead atoms. The van der Waals surface area contributed by atoms with E-state index in [0.29, 0.717) is 18.8 Å². The molecule has 2 amide bonds. The lowest BCUT2D eigenvalue weighted by molar-refractivity contribution is -0.136. The Morgan fingerprint density at radius 1 is 0.897 bits per heavy atom. The predicted octanol–water partition coefficient (Wildman–Crippen LogP) is 2.01. The molecule has 0 unspecified atom stereocenters. The van der Waals surface area contributed by atoms with Crippen molar-refractivity contribution in [3.05, 3.63) is 65.5 Å². The van der Waals surface area contributed by atoms with Crippen molar-refractivity contribution < 1.29 is 14.0 Å². The van der Waals surface area contributed by atoms with Crippen LogP contribution in [0.2, 0.25) is 0 Å². The topological polar surface area (TPSA) is 64.7 Å². The molecule has 1 aliphatic heterocycles. The summed E-state index contributed by atoms with van der Waals surface area (Å²) in [4.78, 5) is 28.5. The summed E-state index contributed by atoms with van der Waals surface area (Å²) in [7, 11) is 0. The first-order chi connectivity index (χ1) is 14.0. The van der Waals surface area contributed by atoms with E-state index in [0.717, 1.165) is 32.7 Å². The number of piperazine rings is 1. The van der Waals surface area contributed by atoms with Crippen LogP contribution in [0.4, 0.5) is 10.1 Å². The first kappa shape index (κ1) is 21.0. The van der Waals surface area contributed by atoms with Gasteiger partial charge in [0.05, 0.1) is 0 Å². The van der Waals surface area contributed by atoms with E-state index in [1.165, 1.54) is 35.4 Å². The molecule has 1 aliphatic rings. The predicted molar refractivity (Wildman–Crippen MR) is 111 cm³/mol. The van der Waals surface area contributed by atoms with Crippen LogP contribution in [0.15, 0.2) is 48.5 Å². The summed E-state index contributed by atoms with van der Waals surface area (Å²) in [6, 6.07) is 13.9. The van der Waals surface area contributed by atoms with Gasteiger partial charge in [-0.25, -0.2) is 4.39 Å². The molecule has 29 heavy (non-hydrogen) atoms. The van der Waals surface area contributed by atoms with Crippen molar-refractivity contribution in [2.24, 2.45) is 0 Å².